The van der Waals surface area contributed by atoms with E-state index >= 15 is 0 Å². The summed E-state index contributed by atoms with van der Waals surface area (Å²) in [6, 6.07) is 25.2. The maximum Gasteiger partial charge on any atom is 0.422 e. The number of aliphatic carboxylic acids is 1. The molecule has 1 aliphatic rings. The third kappa shape index (κ3) is 12.9. The fraction of sp³-hybridized carbons (Fsp3) is 0.220. The first-order valence-corrected chi connectivity index (χ1v) is 18.5. The van der Waals surface area contributed by atoms with Crippen molar-refractivity contribution in [2.24, 2.45) is 0 Å². The molecule has 0 bridgehead atoms. The molecule has 16 nitrogen and oxygen atoms in total. The first-order chi connectivity index (χ1) is 28.6. The van der Waals surface area contributed by atoms with E-state index in [1.54, 1.807) is 42.5 Å². The lowest BCUT2D eigenvalue weighted by Gasteiger charge is -2.19. The van der Waals surface area contributed by atoms with Gasteiger partial charge >= 0.3 is 30.0 Å². The van der Waals surface area contributed by atoms with E-state index in [1.165, 1.54) is 48.5 Å². The van der Waals surface area contributed by atoms with E-state index in [0.29, 0.717) is 29.2 Å². The normalized spacial score (nSPS) is 13.0. The summed E-state index contributed by atoms with van der Waals surface area (Å²) in [7, 11) is 0. The van der Waals surface area contributed by atoms with Crippen LogP contribution in [0.3, 0.4) is 0 Å². The number of nitrogens with one attached hydrogen (secondary N) is 6. The van der Waals surface area contributed by atoms with E-state index in [1.807, 2.05) is 12.1 Å². The van der Waals surface area contributed by atoms with Crippen LogP contribution in [0.5, 0.6) is 6.01 Å². The summed E-state index contributed by atoms with van der Waals surface area (Å²) < 4.78 is 43.7. The molecule has 5 aromatic rings. The molecule has 1 aliphatic carbocycles. The molecule has 0 radical (unpaired) electrons. The minimum Gasteiger partial charge on any atom is -0.480 e. The van der Waals surface area contributed by atoms with Crippen molar-refractivity contribution in [3.63, 3.8) is 0 Å². The van der Waals surface area contributed by atoms with Gasteiger partial charge in [0.25, 0.3) is 11.8 Å². The van der Waals surface area contributed by atoms with Crippen molar-refractivity contribution in [1.82, 2.24) is 25.6 Å². The minimum absolute atomic E-state index is 0. The lowest BCUT2D eigenvalue weighted by Crippen LogP contribution is -2.44. The molecule has 1 saturated carbocycles. The number of carboxylic acid groups (broad SMARTS) is 1. The fourth-order valence-electron chi connectivity index (χ4n) is 5.67. The van der Waals surface area contributed by atoms with Crippen molar-refractivity contribution in [1.29, 1.82) is 0 Å². The Labute approximate surface area is 351 Å². The number of nitrogens with zero attached hydrogens (tertiary/aromatic N) is 3. The van der Waals surface area contributed by atoms with Gasteiger partial charge in [-0.2, -0.15) is 28.1 Å². The Bertz CT molecular complexity index is 2370. The third-order valence-corrected chi connectivity index (χ3v) is 9.08. The molecule has 20 heteroatoms. The van der Waals surface area contributed by atoms with E-state index in [0.717, 1.165) is 5.56 Å². The number of alkyl halides is 3. The molecule has 0 spiro atoms. The number of halogens is 4. The number of amides is 4. The average Bonchev–Trinajstić information content (AvgIpc) is 4.00. The Kier molecular flexibility index (Phi) is 14.4. The molecule has 1 fully saturated rings. The molecular formula is C41H39ClF3N9O7. The van der Waals surface area contributed by atoms with Crippen LogP contribution in [-0.2, 0) is 19.9 Å². The second-order valence-corrected chi connectivity index (χ2v) is 13.8. The lowest BCUT2D eigenvalue weighted by atomic mass is 10.1. The second-order valence-electron chi connectivity index (χ2n) is 13.3. The van der Waals surface area contributed by atoms with Gasteiger partial charge in [0.1, 0.15) is 6.04 Å². The van der Waals surface area contributed by atoms with Gasteiger partial charge in [-0.25, -0.2) is 4.79 Å². The van der Waals surface area contributed by atoms with Crippen molar-refractivity contribution in [3.05, 3.63) is 125 Å². The molecule has 4 amide bonds. The summed E-state index contributed by atoms with van der Waals surface area (Å²) in [4.78, 5) is 74.9. The number of rotatable bonds is 16. The van der Waals surface area contributed by atoms with Gasteiger partial charge in [0.05, 0.1) is 5.54 Å². The lowest BCUT2D eigenvalue weighted by molar-refractivity contribution is -0.154. The predicted octanol–water partition coefficient (Wildman–Crippen LogP) is 6.53. The molecule has 1 aromatic heterocycles. The van der Waals surface area contributed by atoms with E-state index in [2.05, 4.69) is 46.9 Å². The summed E-state index contributed by atoms with van der Waals surface area (Å²) in [6.07, 6.45) is -3.57. The smallest absolute Gasteiger partial charge is 0.422 e. The molecule has 6 rings (SSSR count). The van der Waals surface area contributed by atoms with Crippen LogP contribution >= 0.6 is 11.6 Å². The van der Waals surface area contributed by atoms with E-state index in [9.17, 15) is 42.3 Å². The van der Waals surface area contributed by atoms with Crippen LogP contribution in [0, 0.1) is 0 Å². The summed E-state index contributed by atoms with van der Waals surface area (Å²) in [6.45, 7) is -1.95. The maximum atomic E-state index is 13.0. The van der Waals surface area contributed by atoms with Gasteiger partial charge in [0.15, 0.2) is 6.61 Å². The van der Waals surface area contributed by atoms with Crippen LogP contribution in [-0.4, -0.2) is 75.0 Å². The summed E-state index contributed by atoms with van der Waals surface area (Å²) in [5.74, 6) is -5.00. The number of hydrogen-bond donors (Lipinski definition) is 7. The number of aromatic nitrogens is 3. The number of carbonyl (C=O) groups is 5. The zero-order valence-electron chi connectivity index (χ0n) is 31.2. The largest absolute Gasteiger partial charge is 0.480 e. The molecule has 1 heterocycles. The standard InChI is InChI=1S/C40H35ClF3N9O7.CH4/c41-26-13-11-25(12-14-26)39(18-19-39)53-37-50-36(51-38(52-37)60-22-40(42,43)44)48-28-15-9-23(10-16-28)31(54)49-30(35(58)59)17-20-45-33(56)34(57)47-29-8-4-5-24(21-29)32(55)46-27-6-2-1-3-7-27;/h1-16,21,30H,17-20,22H2,(H,45,56)(H,46,55)(H,47,57)(H,49,54)(H,58,59)(H2,48,50,51,52,53);1H4/t30-;/m0./s1. The monoisotopic (exact) mass is 861 g/mol. The van der Waals surface area contributed by atoms with Gasteiger partial charge in [-0.05, 0) is 91.6 Å². The van der Waals surface area contributed by atoms with Crippen molar-refractivity contribution in [2.75, 3.05) is 34.4 Å². The molecular weight excluding hydrogens is 823 g/mol. The number of para-hydroxylation sites is 1. The van der Waals surface area contributed by atoms with Gasteiger partial charge in [-0.15, -0.1) is 0 Å². The Hall–Kier alpha value is -7.28. The minimum atomic E-state index is -4.66. The molecule has 1 atom stereocenters. The van der Waals surface area contributed by atoms with Gasteiger partial charge in [0.2, 0.25) is 11.9 Å². The number of anilines is 5. The van der Waals surface area contributed by atoms with Gasteiger partial charge < -0.3 is 41.7 Å². The van der Waals surface area contributed by atoms with Crippen molar-refractivity contribution >= 4 is 70.2 Å². The summed E-state index contributed by atoms with van der Waals surface area (Å²) in [5, 5.41) is 26.0. The average molecular weight is 862 g/mol. The van der Waals surface area contributed by atoms with Crippen LogP contribution in [0.15, 0.2) is 103 Å². The topological polar surface area (TPSA) is 226 Å². The van der Waals surface area contributed by atoms with Crippen LogP contribution in [0.2, 0.25) is 5.02 Å². The molecule has 61 heavy (non-hydrogen) atoms. The Morgan fingerprint density at radius 3 is 2.08 bits per heavy atom. The number of carbonyl (C=O) groups excluding carboxylic acids is 4. The van der Waals surface area contributed by atoms with Crippen LogP contribution in [0.25, 0.3) is 0 Å². The second kappa shape index (κ2) is 19.6. The van der Waals surface area contributed by atoms with Crippen molar-refractivity contribution in [2.45, 2.75) is 44.4 Å². The SMILES string of the molecule is C.O=C(NCC[C@H](NC(=O)c1ccc(Nc2nc(NC3(c4ccc(Cl)cc4)CC3)nc(OCC(F)(F)F)n2)cc1)C(=O)O)C(=O)Nc1cccc(C(=O)Nc2ccccc2)c1. The maximum absolute atomic E-state index is 13.0. The van der Waals surface area contributed by atoms with Gasteiger partial charge in [-0.1, -0.05) is 55.4 Å². The van der Waals surface area contributed by atoms with E-state index in [-0.39, 0.29) is 49.1 Å². The highest BCUT2D eigenvalue weighted by atomic mass is 35.5. The Balaban J connectivity index is 0.00000704. The molecule has 0 saturated heterocycles. The first kappa shape index (κ1) is 44.8. The highest BCUT2D eigenvalue weighted by molar-refractivity contribution is 6.39. The summed E-state index contributed by atoms with van der Waals surface area (Å²) in [5.41, 5.74) is 1.60. The molecule has 4 aromatic carbocycles. The Morgan fingerprint density at radius 1 is 0.754 bits per heavy atom. The van der Waals surface area contributed by atoms with Crippen LogP contribution < -0.4 is 36.6 Å². The number of hydrogen-bond acceptors (Lipinski definition) is 11. The highest BCUT2D eigenvalue weighted by Crippen LogP contribution is 2.48. The highest BCUT2D eigenvalue weighted by Gasteiger charge is 2.45. The first-order valence-electron chi connectivity index (χ1n) is 18.1. The quantitative estimate of drug-likeness (QED) is 0.0526. The molecule has 0 aliphatic heterocycles. The van der Waals surface area contributed by atoms with Crippen molar-refractivity contribution in [3.8, 4) is 6.01 Å². The van der Waals surface area contributed by atoms with E-state index < -0.39 is 60.0 Å². The van der Waals surface area contributed by atoms with Crippen LogP contribution in [0.4, 0.5) is 42.1 Å². The third-order valence-electron chi connectivity index (χ3n) is 8.82. The number of ether oxygens (including phenoxy) is 1. The summed E-state index contributed by atoms with van der Waals surface area (Å²) >= 11 is 6.03. The molecule has 318 valence electrons. The zero-order valence-corrected chi connectivity index (χ0v) is 31.9. The molecule has 0 unspecified atom stereocenters. The number of benzene rings is 4. The van der Waals surface area contributed by atoms with Crippen molar-refractivity contribution < 1.29 is 47.0 Å². The fourth-order valence-corrected chi connectivity index (χ4v) is 5.79. The Morgan fingerprint density at radius 2 is 1.43 bits per heavy atom. The van der Waals surface area contributed by atoms with Gasteiger partial charge in [0, 0.05) is 39.8 Å². The van der Waals surface area contributed by atoms with Gasteiger partial charge in [-0.3, -0.25) is 19.2 Å². The molecule has 7 N–H and O–H groups in total. The van der Waals surface area contributed by atoms with Crippen LogP contribution in [0.1, 0.15) is 53.0 Å². The number of carboxylic acids is 1. The zero-order chi connectivity index (χ0) is 42.9. The van der Waals surface area contributed by atoms with E-state index in [4.69, 9.17) is 16.3 Å². The predicted molar refractivity (Wildman–Crippen MR) is 220 cm³/mol.